The highest BCUT2D eigenvalue weighted by molar-refractivity contribution is 7.09. The molecule has 0 amide bonds. The number of aliphatic hydroxyl groups excluding tert-OH is 1. The average molecular weight is 281 g/mol. The molecule has 1 atom stereocenters. The first-order valence-electron chi connectivity index (χ1n) is 6.25. The van der Waals surface area contributed by atoms with Gasteiger partial charge in [-0.15, -0.1) is 11.3 Å². The molecule has 0 aliphatic rings. The minimum atomic E-state index is -0.498. The Balaban J connectivity index is 1.99. The van der Waals surface area contributed by atoms with Gasteiger partial charge in [0.2, 0.25) is 5.89 Å². The highest BCUT2D eigenvalue weighted by Crippen LogP contribution is 2.22. The zero-order valence-electron chi connectivity index (χ0n) is 11.7. The normalized spacial score (nSPS) is 13.7. The maximum absolute atomic E-state index is 10.0. The van der Waals surface area contributed by atoms with Gasteiger partial charge in [-0.1, -0.05) is 25.9 Å². The summed E-state index contributed by atoms with van der Waals surface area (Å²) in [7, 11) is 0. The molecule has 0 aromatic carbocycles. The summed E-state index contributed by atoms with van der Waals surface area (Å²) >= 11 is 1.61. The lowest BCUT2D eigenvalue weighted by Gasteiger charge is -2.24. The molecule has 2 heterocycles. The van der Waals surface area contributed by atoms with Gasteiger partial charge in [0.05, 0.1) is 29.6 Å². The molecular formula is C13H19N3O2S. The fraction of sp³-hybridized carbons (Fsp3) is 0.615. The van der Waals surface area contributed by atoms with Crippen LogP contribution in [0.15, 0.2) is 9.90 Å². The second-order valence-corrected chi connectivity index (χ2v) is 6.79. The van der Waals surface area contributed by atoms with Crippen molar-refractivity contribution in [3.63, 3.8) is 0 Å². The zero-order valence-corrected chi connectivity index (χ0v) is 12.5. The molecule has 5 nitrogen and oxygen atoms in total. The quantitative estimate of drug-likeness (QED) is 0.931. The van der Waals surface area contributed by atoms with Gasteiger partial charge in [-0.25, -0.2) is 4.98 Å². The maximum atomic E-state index is 10.0. The van der Waals surface area contributed by atoms with Crippen molar-refractivity contribution < 1.29 is 9.63 Å². The van der Waals surface area contributed by atoms with Crippen molar-refractivity contribution in [1.29, 1.82) is 0 Å². The van der Waals surface area contributed by atoms with E-state index >= 15 is 0 Å². The Morgan fingerprint density at radius 3 is 2.68 bits per heavy atom. The van der Waals surface area contributed by atoms with Crippen molar-refractivity contribution in [3.8, 4) is 0 Å². The first-order valence-corrected chi connectivity index (χ1v) is 7.13. The highest BCUT2D eigenvalue weighted by atomic mass is 32.1. The molecule has 0 aliphatic heterocycles. The molecule has 19 heavy (non-hydrogen) atoms. The third kappa shape index (κ3) is 3.84. The molecule has 0 aliphatic carbocycles. The largest absolute Gasteiger partial charge is 0.392 e. The van der Waals surface area contributed by atoms with Crippen LogP contribution in [0, 0.1) is 12.3 Å². The van der Waals surface area contributed by atoms with Gasteiger partial charge < -0.3 is 9.63 Å². The molecule has 2 rings (SSSR count). The Labute approximate surface area is 116 Å². The van der Waals surface area contributed by atoms with Crippen LogP contribution in [0.5, 0.6) is 0 Å². The number of thiazole rings is 1. The Morgan fingerprint density at radius 1 is 1.37 bits per heavy atom. The van der Waals surface area contributed by atoms with Gasteiger partial charge in [-0.05, 0) is 12.3 Å². The third-order valence-corrected chi connectivity index (χ3v) is 3.71. The Morgan fingerprint density at radius 2 is 2.11 bits per heavy atom. The van der Waals surface area contributed by atoms with Gasteiger partial charge in [0.1, 0.15) is 0 Å². The van der Waals surface area contributed by atoms with Gasteiger partial charge in [-0.3, -0.25) is 0 Å². The van der Waals surface area contributed by atoms with Crippen LogP contribution < -0.4 is 0 Å². The molecule has 2 aromatic rings. The zero-order chi connectivity index (χ0) is 14.0. The summed E-state index contributed by atoms with van der Waals surface area (Å²) in [6.45, 7) is 7.91. The number of aromatic nitrogens is 3. The summed E-state index contributed by atoms with van der Waals surface area (Å²) in [6, 6.07) is 0. The lowest BCUT2D eigenvalue weighted by atomic mass is 9.87. The van der Waals surface area contributed by atoms with Crippen molar-refractivity contribution in [1.82, 2.24) is 15.1 Å². The van der Waals surface area contributed by atoms with Gasteiger partial charge in [0, 0.05) is 5.38 Å². The minimum Gasteiger partial charge on any atom is -0.392 e. The van der Waals surface area contributed by atoms with Crippen molar-refractivity contribution in [2.75, 3.05) is 0 Å². The molecule has 2 aromatic heterocycles. The number of rotatable bonds is 4. The van der Waals surface area contributed by atoms with E-state index < -0.39 is 6.10 Å². The van der Waals surface area contributed by atoms with E-state index in [-0.39, 0.29) is 5.41 Å². The summed E-state index contributed by atoms with van der Waals surface area (Å²) < 4.78 is 5.16. The van der Waals surface area contributed by atoms with Crippen LogP contribution in [-0.4, -0.2) is 26.3 Å². The average Bonchev–Trinajstić information content (AvgIpc) is 2.88. The van der Waals surface area contributed by atoms with E-state index in [1.165, 1.54) is 0 Å². The number of hydrogen-bond acceptors (Lipinski definition) is 6. The van der Waals surface area contributed by atoms with Crippen LogP contribution in [0.4, 0.5) is 0 Å². The van der Waals surface area contributed by atoms with Crippen LogP contribution in [0.25, 0.3) is 0 Å². The molecular weight excluding hydrogens is 262 g/mol. The number of aliphatic hydroxyl groups is 1. The van der Waals surface area contributed by atoms with E-state index in [2.05, 4.69) is 15.1 Å². The van der Waals surface area contributed by atoms with E-state index in [1.807, 2.05) is 33.1 Å². The van der Waals surface area contributed by atoms with Crippen LogP contribution in [0.1, 0.15) is 43.2 Å². The number of hydrogen-bond donors (Lipinski definition) is 1. The third-order valence-electron chi connectivity index (χ3n) is 2.88. The number of aryl methyl sites for hydroxylation is 1. The maximum Gasteiger partial charge on any atom is 0.229 e. The van der Waals surface area contributed by atoms with Gasteiger partial charge in [0.15, 0.2) is 5.82 Å². The molecule has 0 radical (unpaired) electrons. The fourth-order valence-corrected chi connectivity index (χ4v) is 2.18. The molecule has 1 unspecified atom stereocenters. The van der Waals surface area contributed by atoms with E-state index in [4.69, 9.17) is 4.52 Å². The van der Waals surface area contributed by atoms with Gasteiger partial charge >= 0.3 is 0 Å². The second kappa shape index (κ2) is 5.38. The molecule has 0 bridgehead atoms. The topological polar surface area (TPSA) is 72.0 Å². The van der Waals surface area contributed by atoms with E-state index in [9.17, 15) is 5.11 Å². The molecule has 6 heteroatoms. The van der Waals surface area contributed by atoms with Crippen LogP contribution >= 0.6 is 11.3 Å². The molecule has 0 spiro atoms. The Bertz CT molecular complexity index is 542. The Hall–Kier alpha value is -1.27. The smallest absolute Gasteiger partial charge is 0.229 e. The van der Waals surface area contributed by atoms with Crippen molar-refractivity contribution in [2.45, 2.75) is 46.6 Å². The van der Waals surface area contributed by atoms with E-state index in [0.29, 0.717) is 24.6 Å². The summed E-state index contributed by atoms with van der Waals surface area (Å²) in [4.78, 5) is 8.66. The number of nitrogens with zero attached hydrogens (tertiary/aromatic N) is 3. The van der Waals surface area contributed by atoms with E-state index in [0.717, 1.165) is 10.7 Å². The lowest BCUT2D eigenvalue weighted by Crippen LogP contribution is -2.28. The summed E-state index contributed by atoms with van der Waals surface area (Å²) in [5.41, 5.74) is 0.756. The van der Waals surface area contributed by atoms with Crippen LogP contribution in [0.2, 0.25) is 0 Å². The fourth-order valence-electron chi connectivity index (χ4n) is 1.57. The van der Waals surface area contributed by atoms with E-state index in [1.54, 1.807) is 11.3 Å². The van der Waals surface area contributed by atoms with Crippen molar-refractivity contribution >= 4 is 11.3 Å². The Kier molecular flexibility index (Phi) is 4.01. The summed E-state index contributed by atoms with van der Waals surface area (Å²) in [6.07, 6.45) is 0.453. The highest BCUT2D eigenvalue weighted by Gasteiger charge is 2.24. The summed E-state index contributed by atoms with van der Waals surface area (Å²) in [5.74, 6) is 1.09. The monoisotopic (exact) mass is 281 g/mol. The predicted molar refractivity (Wildman–Crippen MR) is 73.1 cm³/mol. The van der Waals surface area contributed by atoms with Crippen molar-refractivity contribution in [3.05, 3.63) is 27.8 Å². The molecule has 0 saturated heterocycles. The first-order chi connectivity index (χ1) is 8.84. The molecule has 1 N–H and O–H groups in total. The van der Waals surface area contributed by atoms with Gasteiger partial charge in [-0.2, -0.15) is 4.98 Å². The molecule has 104 valence electrons. The minimum absolute atomic E-state index is 0.194. The predicted octanol–water partition coefficient (Wildman–Crippen LogP) is 2.37. The van der Waals surface area contributed by atoms with Crippen LogP contribution in [-0.2, 0) is 12.8 Å². The van der Waals surface area contributed by atoms with Gasteiger partial charge in [0.25, 0.3) is 0 Å². The van der Waals surface area contributed by atoms with Crippen LogP contribution in [0.3, 0.4) is 0 Å². The second-order valence-electron chi connectivity index (χ2n) is 5.72. The first kappa shape index (κ1) is 14.1. The summed E-state index contributed by atoms with van der Waals surface area (Å²) in [5, 5.41) is 17.0. The SMILES string of the molecule is Cc1nc(Cc2noc(CC(O)C(C)(C)C)n2)cs1. The molecule has 0 saturated carbocycles. The molecule has 0 fully saturated rings. The van der Waals surface area contributed by atoms with Crippen molar-refractivity contribution in [2.24, 2.45) is 5.41 Å². The standard InChI is InChI=1S/C13H19N3O2S/c1-8-14-9(7-19-8)5-11-15-12(18-16-11)6-10(17)13(2,3)4/h7,10,17H,5-6H2,1-4H3. The lowest BCUT2D eigenvalue weighted by molar-refractivity contribution is 0.0565.